The van der Waals surface area contributed by atoms with E-state index in [4.69, 9.17) is 4.74 Å². The summed E-state index contributed by atoms with van der Waals surface area (Å²) >= 11 is 0. The number of rotatable bonds is 3. The Morgan fingerprint density at radius 2 is 1.97 bits per heavy atom. The van der Waals surface area contributed by atoms with Crippen LogP contribution in [0.25, 0.3) is 0 Å². The van der Waals surface area contributed by atoms with Crippen molar-refractivity contribution in [2.45, 2.75) is 45.2 Å². The molecule has 2 heterocycles. The summed E-state index contributed by atoms with van der Waals surface area (Å²) in [6.45, 7) is 3.46. The van der Waals surface area contributed by atoms with Gasteiger partial charge in [-0.25, -0.2) is 0 Å². The molecule has 1 N–H and O–H groups in total. The third-order valence-corrected chi connectivity index (χ3v) is 6.37. The van der Waals surface area contributed by atoms with Crippen LogP contribution >= 0.6 is 0 Å². The second-order valence-corrected chi connectivity index (χ2v) is 8.82. The van der Waals surface area contributed by atoms with Crippen LogP contribution in [0.15, 0.2) is 36.4 Å². The molecule has 7 heteroatoms. The van der Waals surface area contributed by atoms with Gasteiger partial charge in [0, 0.05) is 44.6 Å². The molecule has 1 aliphatic carbocycles. The summed E-state index contributed by atoms with van der Waals surface area (Å²) in [7, 11) is 0. The molecule has 31 heavy (non-hydrogen) atoms. The summed E-state index contributed by atoms with van der Waals surface area (Å²) in [4.78, 5) is 41.1. The molecule has 0 radical (unpaired) electrons. The number of benzene rings is 1. The fraction of sp³-hybridized carbons (Fsp3) is 0.542. The predicted molar refractivity (Wildman–Crippen MR) is 116 cm³/mol. The van der Waals surface area contributed by atoms with Gasteiger partial charge in [0.05, 0.1) is 0 Å². The second-order valence-electron chi connectivity index (χ2n) is 8.82. The van der Waals surface area contributed by atoms with Gasteiger partial charge in [0.1, 0.15) is 18.9 Å². The first-order valence-corrected chi connectivity index (χ1v) is 11.2. The second kappa shape index (κ2) is 9.54. The van der Waals surface area contributed by atoms with Crippen LogP contribution < -0.4 is 10.1 Å². The molecule has 0 aromatic heterocycles. The topological polar surface area (TPSA) is 79.0 Å². The monoisotopic (exact) mass is 425 g/mol. The molecular weight excluding hydrogens is 394 g/mol. The smallest absolute Gasteiger partial charge is 0.242 e. The zero-order valence-electron chi connectivity index (χ0n) is 18.1. The van der Waals surface area contributed by atoms with Crippen LogP contribution in [-0.2, 0) is 20.9 Å². The van der Waals surface area contributed by atoms with Gasteiger partial charge in [-0.3, -0.25) is 14.4 Å². The lowest BCUT2D eigenvalue weighted by Gasteiger charge is -2.38. The fourth-order valence-corrected chi connectivity index (χ4v) is 4.37. The van der Waals surface area contributed by atoms with E-state index in [-0.39, 0.29) is 36.1 Å². The van der Waals surface area contributed by atoms with Gasteiger partial charge in [-0.2, -0.15) is 0 Å². The number of piperidine rings is 1. The third-order valence-electron chi connectivity index (χ3n) is 6.37. The van der Waals surface area contributed by atoms with Crippen LogP contribution in [0.4, 0.5) is 0 Å². The molecule has 4 rings (SSSR count). The van der Waals surface area contributed by atoms with Crippen LogP contribution in [0, 0.1) is 11.8 Å². The molecule has 2 fully saturated rings. The predicted octanol–water partition coefficient (Wildman–Crippen LogP) is 2.12. The Labute approximate surface area is 183 Å². The SMILES string of the molecule is CC(=O)N1CC(=O)N2CC[C@@H](CC(=O)NC3CC3)[C@@H](/C=C/COc3ccccc3C1)C2. The Hall–Kier alpha value is -2.83. The molecule has 166 valence electrons. The van der Waals surface area contributed by atoms with Crippen molar-refractivity contribution in [3.63, 3.8) is 0 Å². The van der Waals surface area contributed by atoms with Crippen LogP contribution in [0.5, 0.6) is 5.75 Å². The fourth-order valence-electron chi connectivity index (χ4n) is 4.37. The maximum Gasteiger partial charge on any atom is 0.242 e. The van der Waals surface area contributed by atoms with Crippen LogP contribution in [0.2, 0.25) is 0 Å². The molecule has 2 bridgehead atoms. The van der Waals surface area contributed by atoms with Gasteiger partial charge >= 0.3 is 0 Å². The lowest BCUT2D eigenvalue weighted by Crippen LogP contribution is -2.48. The Morgan fingerprint density at radius 1 is 1.16 bits per heavy atom. The summed E-state index contributed by atoms with van der Waals surface area (Å²) < 4.78 is 5.97. The van der Waals surface area contributed by atoms with Gasteiger partial charge in [-0.15, -0.1) is 0 Å². The van der Waals surface area contributed by atoms with E-state index in [2.05, 4.69) is 11.4 Å². The van der Waals surface area contributed by atoms with Crippen LogP contribution in [-0.4, -0.2) is 59.8 Å². The Kier molecular flexibility index (Phi) is 6.59. The van der Waals surface area contributed by atoms with E-state index in [1.165, 1.54) is 6.92 Å². The highest BCUT2D eigenvalue weighted by atomic mass is 16.5. The number of hydrogen-bond acceptors (Lipinski definition) is 4. The van der Waals surface area contributed by atoms with E-state index >= 15 is 0 Å². The summed E-state index contributed by atoms with van der Waals surface area (Å²) in [5, 5.41) is 3.08. The number of carbonyl (C=O) groups is 3. The van der Waals surface area contributed by atoms with Crippen molar-refractivity contribution in [1.29, 1.82) is 0 Å². The quantitative estimate of drug-likeness (QED) is 0.753. The van der Waals surface area contributed by atoms with Gasteiger partial charge < -0.3 is 19.9 Å². The zero-order chi connectivity index (χ0) is 21.8. The highest BCUT2D eigenvalue weighted by molar-refractivity contribution is 5.84. The number of para-hydroxylation sites is 1. The van der Waals surface area contributed by atoms with E-state index in [1.54, 1.807) is 4.90 Å². The Bertz CT molecular complexity index is 864. The summed E-state index contributed by atoms with van der Waals surface area (Å²) in [6, 6.07) is 7.97. The van der Waals surface area contributed by atoms with Crippen LogP contribution in [0.3, 0.4) is 0 Å². The van der Waals surface area contributed by atoms with Crippen molar-refractivity contribution in [2.75, 3.05) is 26.2 Å². The van der Waals surface area contributed by atoms with E-state index in [0.29, 0.717) is 44.5 Å². The highest BCUT2D eigenvalue weighted by Crippen LogP contribution is 2.29. The highest BCUT2D eigenvalue weighted by Gasteiger charge is 2.33. The number of amides is 3. The maximum atomic E-state index is 13.0. The van der Waals surface area contributed by atoms with Crippen molar-refractivity contribution >= 4 is 17.7 Å². The van der Waals surface area contributed by atoms with Crippen molar-refractivity contribution in [3.05, 3.63) is 42.0 Å². The molecule has 0 spiro atoms. The van der Waals surface area contributed by atoms with Crippen LogP contribution in [0.1, 0.15) is 38.2 Å². The van der Waals surface area contributed by atoms with Crippen molar-refractivity contribution in [2.24, 2.45) is 11.8 Å². The first-order chi connectivity index (χ1) is 15.0. The van der Waals surface area contributed by atoms with Crippen molar-refractivity contribution < 1.29 is 19.1 Å². The van der Waals surface area contributed by atoms with Crippen molar-refractivity contribution in [1.82, 2.24) is 15.1 Å². The zero-order valence-corrected chi connectivity index (χ0v) is 18.1. The molecule has 1 aromatic carbocycles. The average molecular weight is 426 g/mol. The summed E-state index contributed by atoms with van der Waals surface area (Å²) in [5.41, 5.74) is 0.880. The minimum Gasteiger partial charge on any atom is -0.489 e. The average Bonchev–Trinajstić information content (AvgIpc) is 3.55. The molecule has 1 aromatic rings. The van der Waals surface area contributed by atoms with Crippen molar-refractivity contribution in [3.8, 4) is 5.75 Å². The molecular formula is C24H31N3O4. The first-order valence-electron chi connectivity index (χ1n) is 11.2. The molecule has 3 aliphatic rings. The standard InChI is InChI=1S/C24H31N3O4/c1-17(28)27-15-20-5-2-3-7-22(20)31-12-4-6-19-14-26(24(30)16-27)11-10-18(19)13-23(29)25-21-8-9-21/h2-7,18-19,21H,8-16H2,1H3,(H,25,29)/b6-4+/t18-,19-/m0/s1. The number of carbonyl (C=O) groups excluding carboxylic acids is 3. The normalized spacial score (nSPS) is 25.3. The number of nitrogens with zero attached hydrogens (tertiary/aromatic N) is 2. The largest absolute Gasteiger partial charge is 0.489 e. The van der Waals surface area contributed by atoms with E-state index in [9.17, 15) is 14.4 Å². The minimum absolute atomic E-state index is 0.0485. The third kappa shape index (κ3) is 5.66. The minimum atomic E-state index is -0.140. The lowest BCUT2D eigenvalue weighted by molar-refractivity contribution is -0.141. The van der Waals surface area contributed by atoms with Gasteiger partial charge in [0.15, 0.2) is 0 Å². The molecule has 3 amide bonds. The van der Waals surface area contributed by atoms with E-state index in [1.807, 2.05) is 35.2 Å². The first kappa shape index (κ1) is 21.4. The molecule has 1 saturated heterocycles. The molecule has 0 unspecified atom stereocenters. The van der Waals surface area contributed by atoms with E-state index < -0.39 is 0 Å². The number of ether oxygens (including phenoxy) is 1. The Balaban J connectivity index is 1.53. The van der Waals surface area contributed by atoms with Gasteiger partial charge in [-0.05, 0) is 37.2 Å². The number of fused-ring (bicyclic) bond motifs is 3. The number of hydrogen-bond donors (Lipinski definition) is 1. The summed E-state index contributed by atoms with van der Waals surface area (Å²) in [6.07, 6.45) is 7.50. The Morgan fingerprint density at radius 3 is 2.74 bits per heavy atom. The van der Waals surface area contributed by atoms with Gasteiger partial charge in [-0.1, -0.05) is 30.4 Å². The van der Waals surface area contributed by atoms with Gasteiger partial charge in [0.2, 0.25) is 17.7 Å². The summed E-state index contributed by atoms with van der Waals surface area (Å²) in [5.74, 6) is 0.921. The maximum absolute atomic E-state index is 13.0. The molecule has 1 saturated carbocycles. The van der Waals surface area contributed by atoms with Gasteiger partial charge in [0.25, 0.3) is 0 Å². The molecule has 2 atom stereocenters. The van der Waals surface area contributed by atoms with E-state index in [0.717, 1.165) is 24.8 Å². The molecule has 7 nitrogen and oxygen atoms in total. The molecule has 2 aliphatic heterocycles. The number of nitrogens with one attached hydrogen (secondary N) is 1. The lowest BCUT2D eigenvalue weighted by atomic mass is 9.82.